The first-order chi connectivity index (χ1) is 21.4. The number of hydrogen-bond acceptors (Lipinski definition) is 6. The van der Waals surface area contributed by atoms with Gasteiger partial charge in [0, 0.05) is 25.2 Å². The van der Waals surface area contributed by atoms with Crippen LogP contribution in [0, 0.1) is 11.6 Å². The van der Waals surface area contributed by atoms with Gasteiger partial charge in [-0.2, -0.15) is 0 Å². The highest BCUT2D eigenvalue weighted by atomic mass is 19.1. The molecule has 1 aliphatic rings. The van der Waals surface area contributed by atoms with Crippen LogP contribution in [0.15, 0.2) is 79.3 Å². The van der Waals surface area contributed by atoms with E-state index in [1.54, 1.807) is 12.5 Å². The normalized spacial score (nSPS) is 15.8. The first kappa shape index (κ1) is 31.3. The van der Waals surface area contributed by atoms with Gasteiger partial charge in [-0.1, -0.05) is 49.7 Å². The van der Waals surface area contributed by atoms with Crippen LogP contribution in [0.3, 0.4) is 0 Å². The number of aliphatic hydroxyl groups is 1. The predicted molar refractivity (Wildman–Crippen MR) is 166 cm³/mol. The van der Waals surface area contributed by atoms with E-state index in [0.717, 1.165) is 23.7 Å². The Labute approximate surface area is 256 Å². The van der Waals surface area contributed by atoms with Gasteiger partial charge in [-0.05, 0) is 66.6 Å². The van der Waals surface area contributed by atoms with Crippen molar-refractivity contribution in [3.63, 3.8) is 0 Å². The SMILES string of the molecule is CCC[C@H](N[C@H]1CCc2cc(F)cc(F)c2C1)C(=O)Nc1cn(-c2ccccc2CNCC(O)COc2ccccc2)cn1. The molecule has 1 aromatic heterocycles. The molecule has 0 saturated carbocycles. The average Bonchev–Trinajstić information content (AvgIpc) is 3.49. The summed E-state index contributed by atoms with van der Waals surface area (Å²) in [5, 5.41) is 20.0. The van der Waals surface area contributed by atoms with Crippen molar-refractivity contribution >= 4 is 11.7 Å². The number of aryl methyl sites for hydroxylation is 1. The monoisotopic (exact) mass is 603 g/mol. The van der Waals surface area contributed by atoms with Crippen LogP contribution in [-0.4, -0.2) is 51.9 Å². The van der Waals surface area contributed by atoms with Crippen LogP contribution in [0.5, 0.6) is 5.75 Å². The summed E-state index contributed by atoms with van der Waals surface area (Å²) < 4.78 is 35.5. The van der Waals surface area contributed by atoms with E-state index in [9.17, 15) is 18.7 Å². The highest BCUT2D eigenvalue weighted by molar-refractivity contribution is 5.94. The second-order valence-corrected chi connectivity index (χ2v) is 11.2. The van der Waals surface area contributed by atoms with Gasteiger partial charge in [0.05, 0.1) is 17.9 Å². The molecule has 1 amide bonds. The fraction of sp³-hybridized carbons (Fsp3) is 0.353. The molecule has 3 aromatic carbocycles. The molecule has 5 rings (SSSR count). The van der Waals surface area contributed by atoms with Crippen LogP contribution in [0.1, 0.15) is 42.9 Å². The molecule has 0 saturated heterocycles. The first-order valence-electron chi connectivity index (χ1n) is 15.1. The highest BCUT2D eigenvalue weighted by Gasteiger charge is 2.27. The zero-order valence-corrected chi connectivity index (χ0v) is 24.8. The molecule has 232 valence electrons. The number of benzene rings is 3. The van der Waals surface area contributed by atoms with Crippen LogP contribution in [0.4, 0.5) is 14.6 Å². The number of anilines is 1. The van der Waals surface area contributed by atoms with Gasteiger partial charge in [-0.25, -0.2) is 13.8 Å². The van der Waals surface area contributed by atoms with Crippen molar-refractivity contribution in [2.45, 2.75) is 63.8 Å². The average molecular weight is 604 g/mol. The lowest BCUT2D eigenvalue weighted by molar-refractivity contribution is -0.118. The number of fused-ring (bicyclic) bond motifs is 1. The summed E-state index contributed by atoms with van der Waals surface area (Å²) >= 11 is 0. The van der Waals surface area contributed by atoms with Gasteiger partial charge in [0.15, 0.2) is 5.82 Å². The maximum absolute atomic E-state index is 14.4. The van der Waals surface area contributed by atoms with Crippen LogP contribution < -0.4 is 20.7 Å². The van der Waals surface area contributed by atoms with Crippen LogP contribution >= 0.6 is 0 Å². The minimum atomic E-state index is -0.674. The summed E-state index contributed by atoms with van der Waals surface area (Å²) in [6, 6.07) is 19.0. The molecule has 0 radical (unpaired) electrons. The van der Waals surface area contributed by atoms with E-state index in [1.807, 2.05) is 66.1 Å². The van der Waals surface area contributed by atoms with E-state index in [2.05, 4.69) is 20.9 Å². The van der Waals surface area contributed by atoms with Crippen LogP contribution in [0.25, 0.3) is 5.69 Å². The van der Waals surface area contributed by atoms with Crippen molar-refractivity contribution in [1.82, 2.24) is 20.2 Å². The fourth-order valence-corrected chi connectivity index (χ4v) is 5.58. The Kier molecular flexibility index (Phi) is 10.7. The lowest BCUT2D eigenvalue weighted by atomic mass is 9.87. The summed E-state index contributed by atoms with van der Waals surface area (Å²) in [6.07, 6.45) is 5.80. The number of ether oxygens (including phenoxy) is 1. The molecule has 44 heavy (non-hydrogen) atoms. The molecule has 0 fully saturated rings. The molecule has 4 N–H and O–H groups in total. The number of carbonyl (C=O) groups is 1. The fourth-order valence-electron chi connectivity index (χ4n) is 5.58. The second kappa shape index (κ2) is 15.1. The third-order valence-electron chi connectivity index (χ3n) is 7.78. The quantitative estimate of drug-likeness (QED) is 0.163. The third kappa shape index (κ3) is 8.28. The van der Waals surface area contributed by atoms with E-state index in [4.69, 9.17) is 4.74 Å². The predicted octanol–water partition coefficient (Wildman–Crippen LogP) is 4.93. The molecule has 10 heteroatoms. The van der Waals surface area contributed by atoms with E-state index in [1.165, 1.54) is 6.07 Å². The van der Waals surface area contributed by atoms with Crippen molar-refractivity contribution in [3.05, 3.63) is 108 Å². The number of amides is 1. The van der Waals surface area contributed by atoms with Gasteiger partial charge in [0.2, 0.25) is 5.91 Å². The zero-order chi connectivity index (χ0) is 30.9. The summed E-state index contributed by atoms with van der Waals surface area (Å²) in [5.74, 6) is -0.159. The number of imidazole rings is 1. The number of aromatic nitrogens is 2. The zero-order valence-electron chi connectivity index (χ0n) is 24.8. The summed E-state index contributed by atoms with van der Waals surface area (Å²) in [6.45, 7) is 3.06. The van der Waals surface area contributed by atoms with E-state index in [0.29, 0.717) is 61.5 Å². The van der Waals surface area contributed by atoms with Gasteiger partial charge in [0.1, 0.15) is 36.4 Å². The topological polar surface area (TPSA) is 100 Å². The minimum absolute atomic E-state index is 0.0925. The van der Waals surface area contributed by atoms with Crippen molar-refractivity contribution in [2.24, 2.45) is 0 Å². The molecule has 1 heterocycles. The molecule has 1 aliphatic carbocycles. The lowest BCUT2D eigenvalue weighted by Crippen LogP contribution is -2.48. The number of halogens is 2. The molecule has 0 aliphatic heterocycles. The maximum atomic E-state index is 14.4. The summed E-state index contributed by atoms with van der Waals surface area (Å²) in [7, 11) is 0. The van der Waals surface area contributed by atoms with Crippen molar-refractivity contribution in [1.29, 1.82) is 0 Å². The number of nitrogens with one attached hydrogen (secondary N) is 3. The summed E-state index contributed by atoms with van der Waals surface area (Å²) in [5.41, 5.74) is 3.11. The molecule has 8 nitrogen and oxygen atoms in total. The van der Waals surface area contributed by atoms with Crippen LogP contribution in [0.2, 0.25) is 0 Å². The molecule has 3 atom stereocenters. The Morgan fingerprint density at radius 1 is 1.14 bits per heavy atom. The third-order valence-corrected chi connectivity index (χ3v) is 7.78. The lowest BCUT2D eigenvalue weighted by Gasteiger charge is -2.29. The second-order valence-electron chi connectivity index (χ2n) is 11.2. The van der Waals surface area contributed by atoms with Crippen molar-refractivity contribution in [3.8, 4) is 11.4 Å². The Balaban J connectivity index is 1.16. The maximum Gasteiger partial charge on any atom is 0.242 e. The number of nitrogens with zero attached hydrogens (tertiary/aromatic N) is 2. The minimum Gasteiger partial charge on any atom is -0.491 e. The van der Waals surface area contributed by atoms with E-state index in [-0.39, 0.29) is 18.6 Å². The standard InChI is InChI=1S/C34H39F2N5O3/c1-2-8-31(39-26-14-13-23-15-25(35)16-30(36)29(23)17-26)34(43)40-33-20-41(22-38-33)32-12-7-6-9-24(32)18-37-19-27(42)21-44-28-10-4-3-5-11-28/h3-7,9-12,15-16,20,22,26-27,31,37,39,42H,2,8,13-14,17-19,21H2,1H3,(H,40,43)/t26-,27?,31-/m0/s1. The molecule has 4 aromatic rings. The molecule has 0 spiro atoms. The number of rotatable bonds is 14. The van der Waals surface area contributed by atoms with Gasteiger partial charge in [0.25, 0.3) is 0 Å². The Morgan fingerprint density at radius 2 is 1.93 bits per heavy atom. The Hall–Kier alpha value is -4.12. The number of carbonyl (C=O) groups excluding carboxylic acids is 1. The van der Waals surface area contributed by atoms with E-state index < -0.39 is 23.8 Å². The Bertz CT molecular complexity index is 1530. The van der Waals surface area contributed by atoms with Crippen molar-refractivity contribution < 1.29 is 23.4 Å². The molecule has 1 unspecified atom stereocenters. The smallest absolute Gasteiger partial charge is 0.242 e. The highest BCUT2D eigenvalue weighted by Crippen LogP contribution is 2.26. The van der Waals surface area contributed by atoms with E-state index >= 15 is 0 Å². The van der Waals surface area contributed by atoms with Gasteiger partial charge < -0.3 is 30.4 Å². The number of aliphatic hydroxyl groups excluding tert-OH is 1. The van der Waals surface area contributed by atoms with Gasteiger partial charge >= 0.3 is 0 Å². The van der Waals surface area contributed by atoms with Gasteiger partial charge in [-0.15, -0.1) is 0 Å². The molecular formula is C34H39F2N5O3. The van der Waals surface area contributed by atoms with Crippen molar-refractivity contribution in [2.75, 3.05) is 18.5 Å². The molecule has 0 bridgehead atoms. The summed E-state index contributed by atoms with van der Waals surface area (Å²) in [4.78, 5) is 17.7. The van der Waals surface area contributed by atoms with Gasteiger partial charge in [-0.3, -0.25) is 4.79 Å². The number of hydrogen-bond donors (Lipinski definition) is 4. The van der Waals surface area contributed by atoms with Crippen LogP contribution in [-0.2, 0) is 24.2 Å². The Morgan fingerprint density at radius 3 is 2.75 bits per heavy atom. The first-order valence-corrected chi connectivity index (χ1v) is 15.1. The number of para-hydroxylation sites is 2. The molecular weight excluding hydrogens is 564 g/mol. The largest absolute Gasteiger partial charge is 0.491 e.